The number of likely N-dealkylation sites (N-methyl/N-ethyl adjacent to an activating group) is 1. The molecule has 0 aliphatic rings. The van der Waals surface area contributed by atoms with E-state index < -0.39 is 6.10 Å². The van der Waals surface area contributed by atoms with E-state index in [1.807, 2.05) is 19.9 Å². The Morgan fingerprint density at radius 3 is 2.65 bits per heavy atom. The lowest BCUT2D eigenvalue weighted by atomic mass is 9.97. The Kier molecular flexibility index (Phi) is 6.65. The third kappa shape index (κ3) is 5.70. The number of benzene rings is 1. The minimum atomic E-state index is -0.516. The summed E-state index contributed by atoms with van der Waals surface area (Å²) in [4.78, 5) is 13.8. The van der Waals surface area contributed by atoms with Gasteiger partial charge in [-0.05, 0) is 43.9 Å². The predicted molar refractivity (Wildman–Crippen MR) is 77.8 cm³/mol. The van der Waals surface area contributed by atoms with Crippen LogP contribution in [-0.2, 0) is 11.2 Å². The van der Waals surface area contributed by atoms with Crippen molar-refractivity contribution in [2.24, 2.45) is 5.92 Å². The van der Waals surface area contributed by atoms with Gasteiger partial charge in [0.05, 0.1) is 6.10 Å². The second-order valence-corrected chi connectivity index (χ2v) is 5.42. The van der Waals surface area contributed by atoms with Crippen LogP contribution in [0.1, 0.15) is 32.8 Å². The summed E-state index contributed by atoms with van der Waals surface area (Å²) in [7, 11) is 0. The highest BCUT2D eigenvalue weighted by atomic mass is 19.1. The zero-order valence-corrected chi connectivity index (χ0v) is 12.5. The second-order valence-electron chi connectivity index (χ2n) is 5.42. The molecule has 0 aliphatic heterocycles. The number of hydrogen-bond acceptors (Lipinski definition) is 2. The van der Waals surface area contributed by atoms with Gasteiger partial charge in [0, 0.05) is 19.5 Å². The number of aliphatic hydroxyl groups excluding tert-OH is 1. The van der Waals surface area contributed by atoms with Crippen molar-refractivity contribution in [2.75, 3.05) is 13.1 Å². The first kappa shape index (κ1) is 16.6. The van der Waals surface area contributed by atoms with Crippen molar-refractivity contribution in [3.05, 3.63) is 35.6 Å². The normalized spacial score (nSPS) is 13.8. The third-order valence-corrected chi connectivity index (χ3v) is 3.22. The maximum Gasteiger partial charge on any atom is 0.222 e. The fraction of sp³-hybridized carbons (Fsp3) is 0.562. The summed E-state index contributed by atoms with van der Waals surface area (Å²) in [6, 6.07) is 6.48. The molecule has 112 valence electrons. The fourth-order valence-corrected chi connectivity index (χ4v) is 2.29. The minimum absolute atomic E-state index is 0.0392. The van der Waals surface area contributed by atoms with E-state index in [9.17, 15) is 14.3 Å². The summed E-state index contributed by atoms with van der Waals surface area (Å²) in [5, 5.41) is 9.37. The molecule has 0 saturated heterocycles. The third-order valence-electron chi connectivity index (χ3n) is 3.22. The lowest BCUT2D eigenvalue weighted by molar-refractivity contribution is -0.133. The lowest BCUT2D eigenvalue weighted by Crippen LogP contribution is -2.37. The van der Waals surface area contributed by atoms with Crippen LogP contribution in [0.4, 0.5) is 4.39 Å². The van der Waals surface area contributed by atoms with E-state index in [0.717, 1.165) is 5.56 Å². The van der Waals surface area contributed by atoms with Gasteiger partial charge in [0.25, 0.3) is 0 Å². The van der Waals surface area contributed by atoms with Crippen molar-refractivity contribution in [3.63, 3.8) is 0 Å². The van der Waals surface area contributed by atoms with Crippen molar-refractivity contribution in [2.45, 2.75) is 39.7 Å². The second kappa shape index (κ2) is 8.00. The topological polar surface area (TPSA) is 40.5 Å². The summed E-state index contributed by atoms with van der Waals surface area (Å²) in [5.74, 6) is -0.0602. The molecular formula is C16H24FNO2. The first-order chi connectivity index (χ1) is 9.42. The molecule has 0 fully saturated rings. The van der Waals surface area contributed by atoms with Crippen molar-refractivity contribution < 1.29 is 14.3 Å². The molecule has 2 atom stereocenters. The van der Waals surface area contributed by atoms with E-state index >= 15 is 0 Å². The molecule has 0 radical (unpaired) electrons. The molecule has 0 bridgehead atoms. The van der Waals surface area contributed by atoms with Gasteiger partial charge >= 0.3 is 0 Å². The van der Waals surface area contributed by atoms with Crippen LogP contribution in [0.25, 0.3) is 0 Å². The number of rotatable bonds is 7. The number of hydrogen-bond donors (Lipinski definition) is 1. The van der Waals surface area contributed by atoms with Crippen LogP contribution in [0.3, 0.4) is 0 Å². The molecule has 3 nitrogen and oxygen atoms in total. The molecule has 0 aromatic heterocycles. The highest BCUT2D eigenvalue weighted by molar-refractivity contribution is 5.76. The minimum Gasteiger partial charge on any atom is -0.392 e. The average molecular weight is 281 g/mol. The average Bonchev–Trinajstić information content (AvgIpc) is 2.35. The zero-order valence-electron chi connectivity index (χ0n) is 12.5. The van der Waals surface area contributed by atoms with E-state index in [1.54, 1.807) is 17.9 Å². The lowest BCUT2D eigenvalue weighted by Gasteiger charge is -2.24. The van der Waals surface area contributed by atoms with Crippen LogP contribution in [0.15, 0.2) is 24.3 Å². The molecule has 1 rings (SSSR count). The van der Waals surface area contributed by atoms with Crippen LogP contribution >= 0.6 is 0 Å². The molecule has 0 heterocycles. The summed E-state index contributed by atoms with van der Waals surface area (Å²) in [6.07, 6.45) is 0.574. The Morgan fingerprint density at radius 2 is 2.10 bits per heavy atom. The number of halogens is 1. The summed E-state index contributed by atoms with van der Waals surface area (Å²) >= 11 is 0. The Labute approximate surface area is 120 Å². The molecule has 0 saturated carbocycles. The summed E-state index contributed by atoms with van der Waals surface area (Å²) < 4.78 is 13.1. The zero-order chi connectivity index (χ0) is 15.1. The van der Waals surface area contributed by atoms with Crippen molar-refractivity contribution in [1.29, 1.82) is 0 Å². The van der Waals surface area contributed by atoms with Crippen molar-refractivity contribution in [3.8, 4) is 0 Å². The summed E-state index contributed by atoms with van der Waals surface area (Å²) in [5.41, 5.74) is 0.906. The Hall–Kier alpha value is -1.42. The standard InChI is InChI=1S/C16H24FNO2/c1-4-18(11-13(3)19)16(20)9-12(2)8-14-6-5-7-15(17)10-14/h5-7,10,12-13,19H,4,8-9,11H2,1-3H3/t12?,13-/m0/s1. The molecule has 1 aromatic rings. The van der Waals surface area contributed by atoms with Crippen LogP contribution < -0.4 is 0 Å². The van der Waals surface area contributed by atoms with Crippen molar-refractivity contribution >= 4 is 5.91 Å². The molecule has 4 heteroatoms. The van der Waals surface area contributed by atoms with Crippen LogP contribution in [0.5, 0.6) is 0 Å². The van der Waals surface area contributed by atoms with Gasteiger partial charge in [-0.3, -0.25) is 4.79 Å². The maximum absolute atomic E-state index is 13.1. The molecule has 0 spiro atoms. The largest absolute Gasteiger partial charge is 0.392 e. The van der Waals surface area contributed by atoms with Crippen LogP contribution in [-0.4, -0.2) is 35.1 Å². The molecule has 1 N–H and O–H groups in total. The molecule has 1 aromatic carbocycles. The van der Waals surface area contributed by atoms with Gasteiger partial charge in [-0.1, -0.05) is 19.1 Å². The molecule has 20 heavy (non-hydrogen) atoms. The Morgan fingerprint density at radius 1 is 1.40 bits per heavy atom. The number of carbonyl (C=O) groups excluding carboxylic acids is 1. The first-order valence-corrected chi connectivity index (χ1v) is 7.12. The Bertz CT molecular complexity index is 434. The van der Waals surface area contributed by atoms with Crippen LogP contribution in [0.2, 0.25) is 0 Å². The molecule has 1 unspecified atom stereocenters. The van der Waals surface area contributed by atoms with Gasteiger partial charge in [-0.25, -0.2) is 4.39 Å². The number of aliphatic hydroxyl groups is 1. The van der Waals surface area contributed by atoms with Gasteiger partial charge in [-0.15, -0.1) is 0 Å². The van der Waals surface area contributed by atoms with Gasteiger partial charge in [0.1, 0.15) is 5.82 Å². The van der Waals surface area contributed by atoms with E-state index in [2.05, 4.69) is 0 Å². The van der Waals surface area contributed by atoms with Crippen LogP contribution in [0, 0.1) is 11.7 Å². The summed E-state index contributed by atoms with van der Waals surface area (Å²) in [6.45, 7) is 6.51. The van der Waals surface area contributed by atoms with Gasteiger partial charge in [0.15, 0.2) is 0 Å². The van der Waals surface area contributed by atoms with Gasteiger partial charge < -0.3 is 10.0 Å². The molecule has 0 aliphatic carbocycles. The van der Waals surface area contributed by atoms with E-state index in [-0.39, 0.29) is 17.6 Å². The maximum atomic E-state index is 13.1. The monoisotopic (exact) mass is 281 g/mol. The van der Waals surface area contributed by atoms with Gasteiger partial charge in [-0.2, -0.15) is 0 Å². The first-order valence-electron chi connectivity index (χ1n) is 7.12. The number of amides is 1. The number of carbonyl (C=O) groups is 1. The van der Waals surface area contributed by atoms with Crippen molar-refractivity contribution in [1.82, 2.24) is 4.90 Å². The fourth-order valence-electron chi connectivity index (χ4n) is 2.29. The molecular weight excluding hydrogens is 257 g/mol. The van der Waals surface area contributed by atoms with E-state index in [4.69, 9.17) is 0 Å². The predicted octanol–water partition coefficient (Wildman–Crippen LogP) is 2.62. The van der Waals surface area contributed by atoms with E-state index in [0.29, 0.717) is 25.9 Å². The smallest absolute Gasteiger partial charge is 0.222 e. The van der Waals surface area contributed by atoms with Gasteiger partial charge in [0.2, 0.25) is 5.91 Å². The highest BCUT2D eigenvalue weighted by Gasteiger charge is 2.17. The highest BCUT2D eigenvalue weighted by Crippen LogP contribution is 2.14. The quantitative estimate of drug-likeness (QED) is 0.834. The molecule has 1 amide bonds. The Balaban J connectivity index is 2.52. The van der Waals surface area contributed by atoms with E-state index in [1.165, 1.54) is 12.1 Å². The number of nitrogens with zero attached hydrogens (tertiary/aromatic N) is 1. The SMILES string of the molecule is CCN(C[C@H](C)O)C(=O)CC(C)Cc1cccc(F)c1.